The van der Waals surface area contributed by atoms with Crippen molar-refractivity contribution in [3.63, 3.8) is 0 Å². The van der Waals surface area contributed by atoms with Gasteiger partial charge in [-0.15, -0.1) is 0 Å². The molecule has 0 amide bonds. The van der Waals surface area contributed by atoms with Crippen LogP contribution in [-0.2, 0) is 9.84 Å². The predicted molar refractivity (Wildman–Crippen MR) is 67.5 cm³/mol. The van der Waals surface area contributed by atoms with E-state index in [0.29, 0.717) is 0 Å². The molecule has 0 aromatic carbocycles. The average molecular weight is 355 g/mol. The van der Waals surface area contributed by atoms with Crippen LogP contribution in [0.2, 0.25) is 0 Å². The van der Waals surface area contributed by atoms with Gasteiger partial charge in [-0.3, -0.25) is 0 Å². The normalized spacial score (nSPS) is 20.2. The van der Waals surface area contributed by atoms with Crippen LogP contribution in [-0.4, -0.2) is 27.6 Å². The van der Waals surface area contributed by atoms with E-state index in [2.05, 4.69) is 0 Å². The molecule has 1 N–H and O–H groups in total. The van der Waals surface area contributed by atoms with Crippen molar-refractivity contribution in [2.45, 2.75) is 36.0 Å². The number of halogens is 2. The monoisotopic (exact) mass is 354 g/mol. The van der Waals surface area contributed by atoms with Crippen molar-refractivity contribution >= 4 is 44.0 Å². The maximum atomic E-state index is 11.6. The van der Waals surface area contributed by atoms with Gasteiger partial charge < -0.3 is 5.11 Å². The van der Waals surface area contributed by atoms with E-state index in [-0.39, 0.29) is 5.75 Å². The molecule has 0 aliphatic carbocycles. The minimum absolute atomic E-state index is 0.0768. The Labute approximate surface area is 104 Å². The van der Waals surface area contributed by atoms with Crippen molar-refractivity contribution < 1.29 is 13.5 Å². The fourth-order valence-corrected chi connectivity index (χ4v) is 4.47. The summed E-state index contributed by atoms with van der Waals surface area (Å²) >= 11 is 7.51. The van der Waals surface area contributed by atoms with E-state index in [9.17, 15) is 13.5 Å². The molecule has 0 aliphatic rings. The predicted octanol–water partition coefficient (Wildman–Crippen LogP) is 2.16. The average Bonchev–Trinajstić information content (AvgIpc) is 2.01. The molecule has 0 heterocycles. The third kappa shape index (κ3) is 2.96. The van der Waals surface area contributed by atoms with Gasteiger partial charge in [0.2, 0.25) is 2.21 Å². The highest BCUT2D eigenvalue weighted by Crippen LogP contribution is 2.42. The standard InChI is InChI=1S/C8H16ClIO3S/c1-5-14(12,13)8(9,10)6(11)7(2,3)4/h6,11H,5H2,1-4H3. The molecule has 0 aliphatic heterocycles. The van der Waals surface area contributed by atoms with Gasteiger partial charge in [-0.25, -0.2) is 8.42 Å². The zero-order chi connectivity index (χ0) is 11.8. The largest absolute Gasteiger partial charge is 0.389 e. The lowest BCUT2D eigenvalue weighted by Gasteiger charge is -2.34. The van der Waals surface area contributed by atoms with Crippen molar-refractivity contribution in [2.75, 3.05) is 5.75 Å². The van der Waals surface area contributed by atoms with Crippen LogP contribution in [0.1, 0.15) is 27.7 Å². The molecule has 0 aromatic rings. The quantitative estimate of drug-likeness (QED) is 0.624. The molecule has 0 bridgehead atoms. The van der Waals surface area contributed by atoms with E-state index in [1.165, 1.54) is 6.92 Å². The van der Waals surface area contributed by atoms with Crippen LogP contribution in [0.3, 0.4) is 0 Å². The molecule has 86 valence electrons. The van der Waals surface area contributed by atoms with Gasteiger partial charge in [0.1, 0.15) is 6.10 Å². The van der Waals surface area contributed by atoms with Gasteiger partial charge in [-0.1, -0.05) is 39.3 Å². The van der Waals surface area contributed by atoms with E-state index < -0.39 is 23.6 Å². The van der Waals surface area contributed by atoms with Crippen LogP contribution in [0.5, 0.6) is 0 Å². The first-order chi connectivity index (χ1) is 5.97. The van der Waals surface area contributed by atoms with E-state index >= 15 is 0 Å². The first-order valence-corrected chi connectivity index (χ1v) is 7.36. The highest BCUT2D eigenvalue weighted by molar-refractivity contribution is 14.1. The fourth-order valence-electron chi connectivity index (χ4n) is 0.867. The lowest BCUT2D eigenvalue weighted by Crippen LogP contribution is -2.46. The summed E-state index contributed by atoms with van der Waals surface area (Å²) in [6.45, 7) is 6.76. The molecule has 2 unspecified atom stereocenters. The molecular formula is C8H16ClIO3S. The van der Waals surface area contributed by atoms with E-state index in [1.807, 2.05) is 0 Å². The van der Waals surface area contributed by atoms with Crippen molar-refractivity contribution in [3.05, 3.63) is 0 Å². The summed E-state index contributed by atoms with van der Waals surface area (Å²) < 4.78 is 21.6. The fraction of sp³-hybridized carbons (Fsp3) is 1.00. The Hall–Kier alpha value is 0.930. The molecule has 0 radical (unpaired) electrons. The minimum atomic E-state index is -3.48. The zero-order valence-electron chi connectivity index (χ0n) is 8.71. The van der Waals surface area contributed by atoms with Crippen LogP contribution in [0.15, 0.2) is 0 Å². The molecular weight excluding hydrogens is 339 g/mol. The summed E-state index contributed by atoms with van der Waals surface area (Å²) in [5, 5.41) is 9.86. The van der Waals surface area contributed by atoms with E-state index in [1.54, 1.807) is 43.4 Å². The SMILES string of the molecule is CCS(=O)(=O)C(Cl)(I)C(O)C(C)(C)C. The van der Waals surface area contributed by atoms with Gasteiger partial charge >= 0.3 is 0 Å². The van der Waals surface area contributed by atoms with Crippen molar-refractivity contribution in [1.82, 2.24) is 0 Å². The topological polar surface area (TPSA) is 54.4 Å². The molecule has 0 saturated heterocycles. The molecule has 14 heavy (non-hydrogen) atoms. The van der Waals surface area contributed by atoms with Crippen LogP contribution < -0.4 is 0 Å². The summed E-state index contributed by atoms with van der Waals surface area (Å²) in [6.07, 6.45) is -1.11. The van der Waals surface area contributed by atoms with Crippen LogP contribution in [0, 0.1) is 5.41 Å². The number of alkyl halides is 2. The van der Waals surface area contributed by atoms with Gasteiger partial charge in [-0.2, -0.15) is 0 Å². The molecule has 0 rings (SSSR count). The third-order valence-corrected chi connectivity index (χ3v) is 7.26. The molecule has 0 spiro atoms. The smallest absolute Gasteiger partial charge is 0.221 e. The first kappa shape index (κ1) is 14.9. The second-order valence-electron chi connectivity index (χ2n) is 4.23. The highest BCUT2D eigenvalue weighted by atomic mass is 127. The Morgan fingerprint density at radius 1 is 1.43 bits per heavy atom. The summed E-state index contributed by atoms with van der Waals surface area (Å²) in [5.41, 5.74) is -0.564. The Morgan fingerprint density at radius 2 is 1.79 bits per heavy atom. The summed E-state index contributed by atoms with van der Waals surface area (Å²) in [5.74, 6) is -0.0768. The molecule has 2 atom stereocenters. The number of aliphatic hydroxyl groups excluding tert-OH is 1. The van der Waals surface area contributed by atoms with Crippen LogP contribution in [0.25, 0.3) is 0 Å². The molecule has 0 saturated carbocycles. The highest BCUT2D eigenvalue weighted by Gasteiger charge is 2.49. The van der Waals surface area contributed by atoms with Gasteiger partial charge in [0.05, 0.1) is 5.75 Å². The maximum Gasteiger partial charge on any atom is 0.221 e. The number of sulfone groups is 1. The third-order valence-electron chi connectivity index (χ3n) is 1.93. The van der Waals surface area contributed by atoms with Gasteiger partial charge in [-0.05, 0) is 28.0 Å². The van der Waals surface area contributed by atoms with E-state index in [4.69, 9.17) is 11.6 Å². The Bertz CT molecular complexity index is 292. The second kappa shape index (κ2) is 4.43. The molecule has 6 heteroatoms. The Kier molecular flexibility index (Phi) is 4.72. The van der Waals surface area contributed by atoms with Crippen molar-refractivity contribution in [1.29, 1.82) is 0 Å². The molecule has 3 nitrogen and oxygen atoms in total. The zero-order valence-corrected chi connectivity index (χ0v) is 12.4. The molecule has 0 aromatic heterocycles. The van der Waals surface area contributed by atoms with Crippen molar-refractivity contribution in [2.24, 2.45) is 5.41 Å². The molecule has 0 fully saturated rings. The van der Waals surface area contributed by atoms with Gasteiger partial charge in [0, 0.05) is 0 Å². The number of hydrogen-bond acceptors (Lipinski definition) is 3. The lowest BCUT2D eigenvalue weighted by atomic mass is 9.90. The summed E-state index contributed by atoms with van der Waals surface area (Å²) in [4.78, 5) is 0. The number of aliphatic hydroxyl groups is 1. The maximum absolute atomic E-state index is 11.6. The summed E-state index contributed by atoms with van der Waals surface area (Å²) in [6, 6.07) is 0. The van der Waals surface area contributed by atoms with Crippen LogP contribution >= 0.6 is 34.2 Å². The summed E-state index contributed by atoms with van der Waals surface area (Å²) in [7, 11) is -3.48. The second-order valence-corrected chi connectivity index (χ2v) is 10.6. The first-order valence-electron chi connectivity index (χ1n) is 4.25. The minimum Gasteiger partial charge on any atom is -0.389 e. The van der Waals surface area contributed by atoms with Gasteiger partial charge in [0.25, 0.3) is 0 Å². The van der Waals surface area contributed by atoms with Gasteiger partial charge in [0.15, 0.2) is 9.84 Å². The Morgan fingerprint density at radius 3 is 2.00 bits per heavy atom. The van der Waals surface area contributed by atoms with Crippen LogP contribution in [0.4, 0.5) is 0 Å². The number of hydrogen-bond donors (Lipinski definition) is 1. The van der Waals surface area contributed by atoms with E-state index in [0.717, 1.165) is 0 Å². The number of rotatable bonds is 3. The van der Waals surface area contributed by atoms with Crippen molar-refractivity contribution in [3.8, 4) is 0 Å². The lowest BCUT2D eigenvalue weighted by molar-refractivity contribution is 0.0712. The Balaban J connectivity index is 5.18.